The number of amides is 1. The van der Waals surface area contributed by atoms with Gasteiger partial charge in [-0.3, -0.25) is 14.6 Å². The van der Waals surface area contributed by atoms with Crippen molar-refractivity contribution in [2.24, 2.45) is 0 Å². The van der Waals surface area contributed by atoms with Gasteiger partial charge in [-0.1, -0.05) is 6.07 Å². The quantitative estimate of drug-likeness (QED) is 0.352. The molecule has 9 nitrogen and oxygen atoms in total. The standard InChI is InChI=1S/C24H22N4O5/c29-22(16-4-5-18-19(13-16)33-12-11-32-18)20-21(17-3-1-6-25-14-17)28(24(31)23(20)30)9-2-8-27-10-7-26-15-27/h1,3-7,10,13-15,21,29H,2,8-9,11-12H2/b22-20+/t21-/m0/s1. The molecule has 0 radical (unpaired) electrons. The molecule has 1 aromatic carbocycles. The minimum Gasteiger partial charge on any atom is -0.507 e. The largest absolute Gasteiger partial charge is 0.507 e. The first-order valence-corrected chi connectivity index (χ1v) is 10.7. The molecule has 4 heterocycles. The molecule has 1 amide bonds. The molecule has 0 aliphatic carbocycles. The summed E-state index contributed by atoms with van der Waals surface area (Å²) in [7, 11) is 0. The molecule has 1 saturated heterocycles. The number of carbonyl (C=O) groups is 2. The number of hydrogen-bond donors (Lipinski definition) is 1. The molecule has 9 heteroatoms. The van der Waals surface area contributed by atoms with E-state index >= 15 is 0 Å². The Bertz CT molecular complexity index is 1210. The third-order valence-electron chi connectivity index (χ3n) is 5.73. The summed E-state index contributed by atoms with van der Waals surface area (Å²) >= 11 is 0. The highest BCUT2D eigenvalue weighted by molar-refractivity contribution is 6.46. The molecule has 0 spiro atoms. The maximum absolute atomic E-state index is 13.1. The van der Waals surface area contributed by atoms with Gasteiger partial charge < -0.3 is 24.0 Å². The average molecular weight is 446 g/mol. The van der Waals surface area contributed by atoms with Crippen LogP contribution in [-0.4, -0.2) is 56.0 Å². The number of imidazole rings is 1. The van der Waals surface area contributed by atoms with E-state index in [1.165, 1.54) is 4.90 Å². The molecule has 1 atom stereocenters. The van der Waals surface area contributed by atoms with Crippen LogP contribution in [0.5, 0.6) is 11.5 Å². The number of aliphatic hydroxyl groups excluding tert-OH is 1. The van der Waals surface area contributed by atoms with Crippen molar-refractivity contribution in [1.82, 2.24) is 19.4 Å². The van der Waals surface area contributed by atoms with Gasteiger partial charge in [0.25, 0.3) is 11.7 Å². The number of likely N-dealkylation sites (tertiary alicyclic amines) is 1. The molecule has 3 aromatic rings. The second-order valence-electron chi connectivity index (χ2n) is 7.79. The van der Waals surface area contributed by atoms with E-state index in [2.05, 4.69) is 9.97 Å². The van der Waals surface area contributed by atoms with E-state index in [1.807, 2.05) is 10.8 Å². The molecule has 5 rings (SSSR count). The van der Waals surface area contributed by atoms with E-state index in [0.717, 1.165) is 0 Å². The number of pyridine rings is 1. The van der Waals surface area contributed by atoms with Crippen LogP contribution in [0.2, 0.25) is 0 Å². The maximum Gasteiger partial charge on any atom is 0.295 e. The van der Waals surface area contributed by atoms with E-state index in [9.17, 15) is 14.7 Å². The minimum atomic E-state index is -0.741. The fourth-order valence-corrected chi connectivity index (χ4v) is 4.18. The highest BCUT2D eigenvalue weighted by Crippen LogP contribution is 2.40. The Morgan fingerprint density at radius 3 is 2.67 bits per heavy atom. The molecular weight excluding hydrogens is 424 g/mol. The lowest BCUT2D eigenvalue weighted by Gasteiger charge is -2.25. The topological polar surface area (TPSA) is 107 Å². The third kappa shape index (κ3) is 3.93. The number of ether oxygens (including phenoxy) is 2. The van der Waals surface area contributed by atoms with Crippen molar-refractivity contribution in [3.63, 3.8) is 0 Å². The van der Waals surface area contributed by atoms with Crippen LogP contribution in [0.15, 0.2) is 67.0 Å². The van der Waals surface area contributed by atoms with Crippen LogP contribution < -0.4 is 9.47 Å². The second-order valence-corrected chi connectivity index (χ2v) is 7.79. The summed E-state index contributed by atoms with van der Waals surface area (Å²) in [5.74, 6) is -0.567. The summed E-state index contributed by atoms with van der Waals surface area (Å²) in [6.07, 6.45) is 9.08. The zero-order valence-corrected chi connectivity index (χ0v) is 17.8. The average Bonchev–Trinajstić information content (AvgIpc) is 3.46. The Morgan fingerprint density at radius 2 is 1.91 bits per heavy atom. The number of aromatic nitrogens is 3. The van der Waals surface area contributed by atoms with Crippen LogP contribution in [-0.2, 0) is 16.1 Å². The van der Waals surface area contributed by atoms with Gasteiger partial charge in [-0.15, -0.1) is 0 Å². The number of carbonyl (C=O) groups excluding carboxylic acids is 2. The Hall–Kier alpha value is -4.14. The van der Waals surface area contributed by atoms with E-state index in [4.69, 9.17) is 9.47 Å². The zero-order valence-electron chi connectivity index (χ0n) is 17.8. The highest BCUT2D eigenvalue weighted by Gasteiger charge is 2.46. The molecule has 1 fully saturated rings. The van der Waals surface area contributed by atoms with Gasteiger partial charge in [-0.2, -0.15) is 0 Å². The van der Waals surface area contributed by atoms with Crippen molar-refractivity contribution in [3.05, 3.63) is 78.1 Å². The SMILES string of the molecule is O=C1C(=O)N(CCCn2ccnc2)[C@@H](c2cccnc2)/C1=C(\O)c1ccc2c(c1)OCCO2. The number of aryl methyl sites for hydroxylation is 1. The minimum absolute atomic E-state index is 0.0345. The normalized spacial score (nSPS) is 19.2. The predicted octanol–water partition coefficient (Wildman–Crippen LogP) is 2.56. The van der Waals surface area contributed by atoms with Crippen LogP contribution in [0, 0.1) is 0 Å². The lowest BCUT2D eigenvalue weighted by molar-refractivity contribution is -0.139. The number of nitrogens with zero attached hydrogens (tertiary/aromatic N) is 4. The number of rotatable bonds is 6. The molecule has 0 unspecified atom stereocenters. The van der Waals surface area contributed by atoms with E-state index in [0.29, 0.717) is 55.4 Å². The Labute approximate surface area is 189 Å². The molecule has 33 heavy (non-hydrogen) atoms. The van der Waals surface area contributed by atoms with Gasteiger partial charge in [0.1, 0.15) is 19.0 Å². The van der Waals surface area contributed by atoms with Gasteiger partial charge in [-0.05, 0) is 36.2 Å². The summed E-state index contributed by atoms with van der Waals surface area (Å²) in [6.45, 7) is 1.82. The van der Waals surface area contributed by atoms with Crippen LogP contribution in [0.3, 0.4) is 0 Å². The number of Topliss-reactive ketones (excluding diaryl/α,β-unsaturated/α-hetero) is 1. The van der Waals surface area contributed by atoms with Gasteiger partial charge in [0.05, 0.1) is 17.9 Å². The number of benzene rings is 1. The van der Waals surface area contributed by atoms with Crippen LogP contribution >= 0.6 is 0 Å². The lowest BCUT2D eigenvalue weighted by Crippen LogP contribution is -2.31. The number of aliphatic hydroxyl groups is 1. The van der Waals surface area contributed by atoms with Crippen molar-refractivity contribution >= 4 is 17.4 Å². The Kier molecular flexibility index (Phi) is 5.52. The van der Waals surface area contributed by atoms with Crippen LogP contribution in [0.1, 0.15) is 23.6 Å². The van der Waals surface area contributed by atoms with Crippen LogP contribution in [0.4, 0.5) is 0 Å². The molecule has 0 saturated carbocycles. The van der Waals surface area contributed by atoms with Gasteiger partial charge in [0.15, 0.2) is 11.5 Å². The van der Waals surface area contributed by atoms with Crippen molar-refractivity contribution in [2.45, 2.75) is 19.0 Å². The van der Waals surface area contributed by atoms with Crippen molar-refractivity contribution in [2.75, 3.05) is 19.8 Å². The third-order valence-corrected chi connectivity index (χ3v) is 5.73. The number of ketones is 1. The Balaban J connectivity index is 1.52. The fourth-order valence-electron chi connectivity index (χ4n) is 4.18. The van der Waals surface area contributed by atoms with Crippen molar-refractivity contribution in [3.8, 4) is 11.5 Å². The lowest BCUT2D eigenvalue weighted by atomic mass is 9.96. The van der Waals surface area contributed by atoms with E-state index in [-0.39, 0.29) is 11.3 Å². The zero-order chi connectivity index (χ0) is 22.8. The summed E-state index contributed by atoms with van der Waals surface area (Å²) in [5.41, 5.74) is 1.07. The first-order valence-electron chi connectivity index (χ1n) is 10.7. The van der Waals surface area contributed by atoms with E-state index in [1.54, 1.807) is 55.2 Å². The molecule has 0 bridgehead atoms. The van der Waals surface area contributed by atoms with Crippen LogP contribution in [0.25, 0.3) is 5.76 Å². The second kappa shape index (κ2) is 8.78. The maximum atomic E-state index is 13.1. The first kappa shape index (κ1) is 20.7. The molecule has 2 aliphatic rings. The summed E-state index contributed by atoms with van der Waals surface area (Å²) in [6, 6.07) is 7.75. The van der Waals surface area contributed by atoms with Gasteiger partial charge >= 0.3 is 0 Å². The first-order chi connectivity index (χ1) is 16.1. The molecule has 1 N–H and O–H groups in total. The van der Waals surface area contributed by atoms with E-state index < -0.39 is 17.7 Å². The molecular formula is C24H22N4O5. The molecule has 2 aromatic heterocycles. The predicted molar refractivity (Wildman–Crippen MR) is 118 cm³/mol. The summed E-state index contributed by atoms with van der Waals surface area (Å²) in [4.78, 5) is 35.8. The fraction of sp³-hybridized carbons (Fsp3) is 0.250. The molecule has 168 valence electrons. The Morgan fingerprint density at radius 1 is 1.06 bits per heavy atom. The highest BCUT2D eigenvalue weighted by atomic mass is 16.6. The van der Waals surface area contributed by atoms with Gasteiger partial charge in [-0.25, -0.2) is 4.98 Å². The van der Waals surface area contributed by atoms with Gasteiger partial charge in [0.2, 0.25) is 0 Å². The molecule has 2 aliphatic heterocycles. The monoisotopic (exact) mass is 446 g/mol. The van der Waals surface area contributed by atoms with Gasteiger partial charge in [0, 0.05) is 43.4 Å². The number of fused-ring (bicyclic) bond motifs is 1. The smallest absolute Gasteiger partial charge is 0.295 e. The number of hydrogen-bond acceptors (Lipinski definition) is 7. The van der Waals surface area contributed by atoms with Crippen molar-refractivity contribution < 1.29 is 24.2 Å². The summed E-state index contributed by atoms with van der Waals surface area (Å²) in [5, 5.41) is 11.2. The summed E-state index contributed by atoms with van der Waals surface area (Å²) < 4.78 is 13.1. The van der Waals surface area contributed by atoms with Crippen molar-refractivity contribution in [1.29, 1.82) is 0 Å².